The Morgan fingerprint density at radius 2 is 1.79 bits per heavy atom. The first-order chi connectivity index (χ1) is 18.6. The van der Waals surface area contributed by atoms with Crippen LogP contribution in [0.4, 0.5) is 10.5 Å². The number of hydrogen-bond donors (Lipinski definition) is 1. The van der Waals surface area contributed by atoms with E-state index in [2.05, 4.69) is 21.2 Å². The minimum atomic E-state index is -0.534. The van der Waals surface area contributed by atoms with Gasteiger partial charge >= 0.3 is 0 Å². The van der Waals surface area contributed by atoms with Crippen LogP contribution in [0.3, 0.4) is 0 Å². The number of imide groups is 1. The lowest BCUT2D eigenvalue weighted by molar-refractivity contribution is -0.127. The highest BCUT2D eigenvalue weighted by atomic mass is 79.9. The zero-order valence-corrected chi connectivity index (χ0v) is 24.7. The third-order valence-electron chi connectivity index (χ3n) is 5.64. The van der Waals surface area contributed by atoms with Gasteiger partial charge in [0.05, 0.1) is 16.0 Å². The van der Waals surface area contributed by atoms with Crippen molar-refractivity contribution in [1.82, 2.24) is 4.90 Å². The Hall–Kier alpha value is -3.27. The number of rotatable bonds is 9. The van der Waals surface area contributed by atoms with Gasteiger partial charge in [-0.05, 0) is 102 Å². The summed E-state index contributed by atoms with van der Waals surface area (Å²) in [5.41, 5.74) is 4.06. The number of carbonyl (C=O) groups is 3. The number of aryl methyl sites for hydroxylation is 2. The van der Waals surface area contributed by atoms with E-state index in [-0.39, 0.29) is 18.1 Å². The van der Waals surface area contributed by atoms with Gasteiger partial charge in [0.2, 0.25) is 5.91 Å². The van der Waals surface area contributed by atoms with Crippen molar-refractivity contribution in [3.05, 3.63) is 91.3 Å². The molecule has 3 aromatic rings. The molecule has 0 bridgehead atoms. The lowest BCUT2D eigenvalue weighted by Crippen LogP contribution is -2.36. The lowest BCUT2D eigenvalue weighted by Gasteiger charge is -2.15. The molecule has 202 valence electrons. The van der Waals surface area contributed by atoms with Crippen LogP contribution < -0.4 is 14.8 Å². The van der Waals surface area contributed by atoms with E-state index in [1.165, 1.54) is 0 Å². The largest absolute Gasteiger partial charge is 0.490 e. The van der Waals surface area contributed by atoms with Crippen molar-refractivity contribution in [3.63, 3.8) is 0 Å². The molecule has 1 heterocycles. The van der Waals surface area contributed by atoms with Crippen LogP contribution in [-0.4, -0.2) is 35.1 Å². The molecule has 3 amide bonds. The fourth-order valence-electron chi connectivity index (χ4n) is 4.02. The second kappa shape index (κ2) is 12.7. The first-order valence-electron chi connectivity index (χ1n) is 12.1. The number of thioether (sulfide) groups is 1. The molecule has 0 aliphatic carbocycles. The first kappa shape index (κ1) is 28.7. The van der Waals surface area contributed by atoms with E-state index < -0.39 is 17.1 Å². The van der Waals surface area contributed by atoms with Crippen LogP contribution in [0.1, 0.15) is 29.2 Å². The second-order valence-corrected chi connectivity index (χ2v) is 11.1. The first-order valence-corrected chi connectivity index (χ1v) is 14.1. The van der Waals surface area contributed by atoms with Crippen molar-refractivity contribution in [2.24, 2.45) is 0 Å². The van der Waals surface area contributed by atoms with Gasteiger partial charge in [0, 0.05) is 16.3 Å². The Morgan fingerprint density at radius 1 is 1.08 bits per heavy atom. The minimum Gasteiger partial charge on any atom is -0.490 e. The van der Waals surface area contributed by atoms with Gasteiger partial charge in [0.1, 0.15) is 13.2 Å². The predicted molar refractivity (Wildman–Crippen MR) is 158 cm³/mol. The lowest BCUT2D eigenvalue weighted by atomic mass is 10.1. The summed E-state index contributed by atoms with van der Waals surface area (Å²) in [5, 5.41) is 2.85. The Balaban J connectivity index is 1.50. The van der Waals surface area contributed by atoms with Crippen molar-refractivity contribution >= 4 is 68.1 Å². The maximum atomic E-state index is 13.0. The summed E-state index contributed by atoms with van der Waals surface area (Å²) in [6, 6.07) is 16.5. The highest BCUT2D eigenvalue weighted by molar-refractivity contribution is 9.10. The summed E-state index contributed by atoms with van der Waals surface area (Å²) < 4.78 is 12.4. The molecule has 1 aliphatic rings. The molecule has 1 N–H and O–H groups in total. The van der Waals surface area contributed by atoms with Crippen molar-refractivity contribution < 1.29 is 23.9 Å². The molecule has 10 heteroatoms. The quantitative estimate of drug-likeness (QED) is 0.249. The van der Waals surface area contributed by atoms with Gasteiger partial charge in [-0.1, -0.05) is 35.9 Å². The van der Waals surface area contributed by atoms with Crippen LogP contribution in [0.2, 0.25) is 5.02 Å². The number of nitrogens with one attached hydrogen (secondary N) is 1. The molecule has 4 rings (SSSR count). The van der Waals surface area contributed by atoms with E-state index in [1.807, 2.05) is 57.2 Å². The summed E-state index contributed by atoms with van der Waals surface area (Å²) >= 11 is 10.6. The number of nitrogens with zero attached hydrogens (tertiary/aromatic N) is 1. The smallest absolute Gasteiger partial charge is 0.294 e. The molecular weight excluding hydrogens is 604 g/mol. The van der Waals surface area contributed by atoms with Crippen molar-refractivity contribution in [2.45, 2.75) is 27.4 Å². The molecule has 0 spiro atoms. The Labute approximate surface area is 244 Å². The summed E-state index contributed by atoms with van der Waals surface area (Å²) in [6.45, 7) is 5.96. The molecule has 0 radical (unpaired) electrons. The van der Waals surface area contributed by atoms with Gasteiger partial charge in [0.15, 0.2) is 11.5 Å². The molecule has 7 nitrogen and oxygen atoms in total. The van der Waals surface area contributed by atoms with Gasteiger partial charge in [-0.3, -0.25) is 19.3 Å². The SMILES string of the molecule is CCOc1cc(/C=C2/SC(=O)N(CC(=O)Nc3cc(C)cc(C)c3)C2=O)cc(Br)c1OCc1ccccc1Cl. The van der Waals surface area contributed by atoms with Gasteiger partial charge < -0.3 is 14.8 Å². The highest BCUT2D eigenvalue weighted by Crippen LogP contribution is 2.40. The average Bonchev–Trinajstić information content (AvgIpc) is 3.11. The van der Waals surface area contributed by atoms with Crippen LogP contribution in [0.15, 0.2) is 64.0 Å². The van der Waals surface area contributed by atoms with Crippen LogP contribution >= 0.6 is 39.3 Å². The Kier molecular flexibility index (Phi) is 9.37. The average molecular weight is 630 g/mol. The number of anilines is 1. The molecule has 1 aliphatic heterocycles. The van der Waals surface area contributed by atoms with Crippen LogP contribution in [0, 0.1) is 13.8 Å². The van der Waals surface area contributed by atoms with E-state index in [1.54, 1.807) is 24.3 Å². The van der Waals surface area contributed by atoms with Crippen LogP contribution in [0.5, 0.6) is 11.5 Å². The molecule has 0 saturated carbocycles. The number of amides is 3. The maximum Gasteiger partial charge on any atom is 0.294 e. The number of hydrogen-bond acceptors (Lipinski definition) is 6. The molecular formula is C29H26BrClN2O5S. The normalized spacial score (nSPS) is 14.2. The third kappa shape index (κ3) is 7.23. The predicted octanol–water partition coefficient (Wildman–Crippen LogP) is 7.37. The Morgan fingerprint density at radius 3 is 2.49 bits per heavy atom. The fourth-order valence-corrected chi connectivity index (χ4v) is 5.62. The van der Waals surface area contributed by atoms with Crippen LogP contribution in [0.25, 0.3) is 6.08 Å². The third-order valence-corrected chi connectivity index (χ3v) is 7.51. The number of halogens is 2. The van der Waals surface area contributed by atoms with Gasteiger partial charge in [-0.2, -0.15) is 0 Å². The topological polar surface area (TPSA) is 84.9 Å². The molecule has 0 aromatic heterocycles. The van der Waals surface area contributed by atoms with Gasteiger partial charge in [0.25, 0.3) is 11.1 Å². The van der Waals surface area contributed by atoms with E-state index in [9.17, 15) is 14.4 Å². The van der Waals surface area contributed by atoms with Crippen molar-refractivity contribution in [1.29, 1.82) is 0 Å². The number of ether oxygens (including phenoxy) is 2. The number of benzene rings is 3. The zero-order chi connectivity index (χ0) is 28.1. The summed E-state index contributed by atoms with van der Waals surface area (Å²) in [7, 11) is 0. The monoisotopic (exact) mass is 628 g/mol. The summed E-state index contributed by atoms with van der Waals surface area (Å²) in [6.07, 6.45) is 1.60. The van der Waals surface area contributed by atoms with E-state index in [0.29, 0.717) is 38.9 Å². The molecule has 3 aromatic carbocycles. The summed E-state index contributed by atoms with van der Waals surface area (Å²) in [4.78, 5) is 39.4. The van der Waals surface area contributed by atoms with Gasteiger partial charge in [-0.15, -0.1) is 0 Å². The maximum absolute atomic E-state index is 13.0. The standard InChI is InChI=1S/C29H26BrClN2O5S/c1-4-37-24-13-19(12-22(30)27(24)38-16-20-7-5-6-8-23(20)31)14-25-28(35)33(29(36)39-25)15-26(34)32-21-10-17(2)9-18(3)11-21/h5-14H,4,15-16H2,1-3H3,(H,32,34)/b25-14+. The minimum absolute atomic E-state index is 0.207. The van der Waals surface area contributed by atoms with Crippen molar-refractivity contribution in [3.8, 4) is 11.5 Å². The van der Waals surface area contributed by atoms with Crippen LogP contribution in [-0.2, 0) is 16.2 Å². The Bertz CT molecular complexity index is 1460. The second-order valence-electron chi connectivity index (χ2n) is 8.84. The van der Waals surface area contributed by atoms with Crippen molar-refractivity contribution in [2.75, 3.05) is 18.5 Å². The highest BCUT2D eigenvalue weighted by Gasteiger charge is 2.36. The van der Waals surface area contributed by atoms with Gasteiger partial charge in [-0.25, -0.2) is 0 Å². The fraction of sp³-hybridized carbons (Fsp3) is 0.207. The zero-order valence-electron chi connectivity index (χ0n) is 21.5. The molecule has 39 heavy (non-hydrogen) atoms. The molecule has 1 saturated heterocycles. The number of carbonyl (C=O) groups excluding carboxylic acids is 3. The molecule has 1 fully saturated rings. The molecule has 0 atom stereocenters. The van der Waals surface area contributed by atoms with E-state index in [4.69, 9.17) is 21.1 Å². The summed E-state index contributed by atoms with van der Waals surface area (Å²) in [5.74, 6) is -0.0269. The molecule has 0 unspecified atom stereocenters. The van der Waals surface area contributed by atoms with E-state index in [0.717, 1.165) is 33.4 Å². The van der Waals surface area contributed by atoms with E-state index >= 15 is 0 Å².